The third-order valence-corrected chi connectivity index (χ3v) is 3.92. The van der Waals surface area contributed by atoms with Crippen LogP contribution < -0.4 is 5.73 Å². The lowest BCUT2D eigenvalue weighted by atomic mass is 10.0. The maximum Gasteiger partial charge on any atom is 0.347 e. The number of hydrogen-bond acceptors (Lipinski definition) is 5. The van der Waals surface area contributed by atoms with Gasteiger partial charge in [-0.1, -0.05) is 25.7 Å². The molecule has 1 aliphatic rings. The Morgan fingerprint density at radius 2 is 2.17 bits per heavy atom. The van der Waals surface area contributed by atoms with Crippen LogP contribution in [-0.4, -0.2) is 12.6 Å². The van der Waals surface area contributed by atoms with E-state index in [-0.39, 0.29) is 4.91 Å². The standard InChI is InChI=1S/C13H20N2O2S/c1-2-17-13(16)12(18-9-14)11(15)8-7-10-5-3-4-6-10/h10H,2-8,15H2,1H3. The zero-order valence-electron chi connectivity index (χ0n) is 10.8. The lowest BCUT2D eigenvalue weighted by molar-refractivity contribution is -0.137. The molecule has 0 aromatic rings. The number of nitriles is 1. The fourth-order valence-corrected chi connectivity index (χ4v) is 2.72. The van der Waals surface area contributed by atoms with Crippen molar-refractivity contribution in [2.75, 3.05) is 6.61 Å². The third kappa shape index (κ3) is 4.61. The Balaban J connectivity index is 2.58. The fraction of sp³-hybridized carbons (Fsp3) is 0.692. The van der Waals surface area contributed by atoms with Crippen LogP contribution in [0.3, 0.4) is 0 Å². The molecule has 0 heterocycles. The molecule has 1 rings (SSSR count). The van der Waals surface area contributed by atoms with Crippen LogP contribution in [0.25, 0.3) is 0 Å². The van der Waals surface area contributed by atoms with Crippen LogP contribution in [0.4, 0.5) is 0 Å². The topological polar surface area (TPSA) is 76.1 Å². The van der Waals surface area contributed by atoms with Gasteiger partial charge in [0, 0.05) is 5.70 Å². The Hall–Kier alpha value is -1.15. The normalized spacial score (nSPS) is 17.1. The Morgan fingerprint density at radius 1 is 1.50 bits per heavy atom. The summed E-state index contributed by atoms with van der Waals surface area (Å²) >= 11 is 0.801. The predicted molar refractivity (Wildman–Crippen MR) is 72.2 cm³/mol. The molecule has 0 bridgehead atoms. The molecule has 1 fully saturated rings. The van der Waals surface area contributed by atoms with Crippen LogP contribution in [0.15, 0.2) is 10.6 Å². The number of esters is 1. The van der Waals surface area contributed by atoms with Gasteiger partial charge in [-0.3, -0.25) is 0 Å². The van der Waals surface area contributed by atoms with E-state index in [1.165, 1.54) is 25.7 Å². The SMILES string of the molecule is CCOC(=O)C(SC#N)=C(N)CCC1CCCC1. The van der Waals surface area contributed by atoms with Gasteiger partial charge in [0.05, 0.1) is 6.61 Å². The molecule has 0 saturated heterocycles. The lowest BCUT2D eigenvalue weighted by Gasteiger charge is -2.11. The maximum atomic E-state index is 11.6. The molecule has 0 atom stereocenters. The average Bonchev–Trinajstić information content (AvgIpc) is 2.86. The number of carbonyl (C=O) groups is 1. The van der Waals surface area contributed by atoms with E-state index in [1.54, 1.807) is 6.92 Å². The van der Waals surface area contributed by atoms with Gasteiger partial charge < -0.3 is 10.5 Å². The van der Waals surface area contributed by atoms with Crippen molar-refractivity contribution in [1.29, 1.82) is 5.26 Å². The molecule has 100 valence electrons. The zero-order chi connectivity index (χ0) is 13.4. The van der Waals surface area contributed by atoms with Crippen molar-refractivity contribution >= 4 is 17.7 Å². The second-order valence-corrected chi connectivity index (χ2v) is 5.25. The van der Waals surface area contributed by atoms with E-state index < -0.39 is 5.97 Å². The third-order valence-electron chi connectivity index (χ3n) is 3.20. The Morgan fingerprint density at radius 3 is 2.72 bits per heavy atom. The Labute approximate surface area is 113 Å². The number of rotatable bonds is 6. The van der Waals surface area contributed by atoms with Crippen LogP contribution >= 0.6 is 11.8 Å². The summed E-state index contributed by atoms with van der Waals surface area (Å²) in [5.74, 6) is 0.243. The summed E-state index contributed by atoms with van der Waals surface area (Å²) in [6.45, 7) is 2.03. The van der Waals surface area contributed by atoms with Crippen LogP contribution in [-0.2, 0) is 9.53 Å². The van der Waals surface area contributed by atoms with Crippen molar-refractivity contribution in [3.63, 3.8) is 0 Å². The summed E-state index contributed by atoms with van der Waals surface area (Å²) in [5.41, 5.74) is 6.41. The van der Waals surface area contributed by atoms with E-state index in [4.69, 9.17) is 15.7 Å². The van der Waals surface area contributed by atoms with E-state index in [0.29, 0.717) is 18.7 Å². The summed E-state index contributed by atoms with van der Waals surface area (Å²) in [5, 5.41) is 10.6. The van der Waals surface area contributed by atoms with Crippen molar-refractivity contribution in [2.24, 2.45) is 11.7 Å². The van der Waals surface area contributed by atoms with Crippen LogP contribution in [0.5, 0.6) is 0 Å². The smallest absolute Gasteiger partial charge is 0.347 e. The minimum atomic E-state index is -0.479. The van der Waals surface area contributed by atoms with Crippen molar-refractivity contribution < 1.29 is 9.53 Å². The van der Waals surface area contributed by atoms with Gasteiger partial charge in [0.1, 0.15) is 10.3 Å². The largest absolute Gasteiger partial charge is 0.462 e. The molecule has 0 aromatic carbocycles. The second kappa shape index (κ2) is 8.04. The molecule has 4 nitrogen and oxygen atoms in total. The number of carbonyl (C=O) groups excluding carboxylic acids is 1. The first kappa shape index (κ1) is 14.9. The number of thiocyanates is 1. The van der Waals surface area contributed by atoms with Crippen molar-refractivity contribution in [1.82, 2.24) is 0 Å². The highest BCUT2D eigenvalue weighted by Gasteiger charge is 2.19. The highest BCUT2D eigenvalue weighted by molar-refractivity contribution is 8.08. The van der Waals surface area contributed by atoms with Crippen LogP contribution in [0.2, 0.25) is 0 Å². The number of thioether (sulfide) groups is 1. The van der Waals surface area contributed by atoms with Gasteiger partial charge in [0.15, 0.2) is 0 Å². The van der Waals surface area contributed by atoms with E-state index in [2.05, 4.69) is 0 Å². The predicted octanol–water partition coefficient (Wildman–Crippen LogP) is 2.90. The minimum absolute atomic E-state index is 0.261. The van der Waals surface area contributed by atoms with Crippen molar-refractivity contribution in [2.45, 2.75) is 45.4 Å². The summed E-state index contributed by atoms with van der Waals surface area (Å²) in [6, 6.07) is 0. The first-order chi connectivity index (χ1) is 8.69. The zero-order valence-corrected chi connectivity index (χ0v) is 11.6. The van der Waals surface area contributed by atoms with Gasteiger partial charge in [-0.2, -0.15) is 5.26 Å². The summed E-state index contributed by atoms with van der Waals surface area (Å²) in [7, 11) is 0. The monoisotopic (exact) mass is 268 g/mol. The molecule has 5 heteroatoms. The highest BCUT2D eigenvalue weighted by Crippen LogP contribution is 2.30. The lowest BCUT2D eigenvalue weighted by Crippen LogP contribution is -2.12. The van der Waals surface area contributed by atoms with E-state index in [1.807, 2.05) is 5.40 Å². The molecule has 0 aromatic heterocycles. The summed E-state index contributed by atoms with van der Waals surface area (Å²) in [4.78, 5) is 11.9. The molecule has 0 unspecified atom stereocenters. The van der Waals surface area contributed by atoms with Gasteiger partial charge >= 0.3 is 5.97 Å². The van der Waals surface area contributed by atoms with Gasteiger partial charge in [-0.05, 0) is 37.4 Å². The first-order valence-electron chi connectivity index (χ1n) is 6.40. The molecule has 18 heavy (non-hydrogen) atoms. The van der Waals surface area contributed by atoms with Gasteiger partial charge in [-0.25, -0.2) is 4.79 Å². The van der Waals surface area contributed by atoms with Gasteiger partial charge in [-0.15, -0.1) is 0 Å². The highest BCUT2D eigenvalue weighted by atomic mass is 32.2. The quantitative estimate of drug-likeness (QED) is 0.455. The number of hydrogen-bond donors (Lipinski definition) is 1. The molecule has 1 saturated carbocycles. The number of ether oxygens (including phenoxy) is 1. The van der Waals surface area contributed by atoms with Gasteiger partial charge in [0.25, 0.3) is 0 Å². The van der Waals surface area contributed by atoms with Gasteiger partial charge in [0.2, 0.25) is 0 Å². The minimum Gasteiger partial charge on any atom is -0.462 e. The molecule has 1 aliphatic carbocycles. The van der Waals surface area contributed by atoms with Crippen molar-refractivity contribution in [3.05, 3.63) is 10.6 Å². The first-order valence-corrected chi connectivity index (χ1v) is 7.22. The molecule has 0 spiro atoms. The summed E-state index contributed by atoms with van der Waals surface area (Å²) < 4.78 is 4.90. The van der Waals surface area contributed by atoms with E-state index in [0.717, 1.165) is 24.1 Å². The van der Waals surface area contributed by atoms with E-state index >= 15 is 0 Å². The van der Waals surface area contributed by atoms with Crippen molar-refractivity contribution in [3.8, 4) is 5.40 Å². The number of nitrogens with zero attached hydrogens (tertiary/aromatic N) is 1. The average molecular weight is 268 g/mol. The number of nitrogens with two attached hydrogens (primary N) is 1. The molecular weight excluding hydrogens is 248 g/mol. The second-order valence-electron chi connectivity index (χ2n) is 4.46. The van der Waals surface area contributed by atoms with E-state index in [9.17, 15) is 4.79 Å². The van der Waals surface area contributed by atoms with Crippen LogP contribution in [0, 0.1) is 16.6 Å². The fourth-order valence-electron chi connectivity index (χ4n) is 2.25. The molecule has 2 N–H and O–H groups in total. The molecule has 0 aliphatic heterocycles. The Bertz CT molecular complexity index is 354. The number of allylic oxidation sites excluding steroid dienone is 1. The molecule has 0 radical (unpaired) electrons. The molecule has 0 amide bonds. The molecular formula is C13H20N2O2S. The summed E-state index contributed by atoms with van der Waals surface area (Å²) in [6.07, 6.45) is 6.78. The maximum absolute atomic E-state index is 11.6. The Kier molecular flexibility index (Phi) is 6.66. The van der Waals surface area contributed by atoms with Crippen LogP contribution in [0.1, 0.15) is 45.4 Å².